The number of rotatable bonds is 9. The molecular formula is C26H25FN2O5. The monoisotopic (exact) mass is 464 g/mol. The smallest absolute Gasteiger partial charge is 0.410 e. The highest BCUT2D eigenvalue weighted by Crippen LogP contribution is 2.25. The van der Waals surface area contributed by atoms with Crippen LogP contribution in [0.25, 0.3) is 0 Å². The molecule has 3 N–H and O–H groups in total. The molecule has 0 bridgehead atoms. The van der Waals surface area contributed by atoms with Gasteiger partial charge in [0.1, 0.15) is 18.5 Å². The van der Waals surface area contributed by atoms with Crippen LogP contribution in [0.4, 0.5) is 9.18 Å². The summed E-state index contributed by atoms with van der Waals surface area (Å²) in [6, 6.07) is 20.2. The second kappa shape index (κ2) is 11.1. The Morgan fingerprint density at radius 3 is 2.00 bits per heavy atom. The number of amides is 2. The van der Waals surface area contributed by atoms with Crippen LogP contribution < -0.4 is 5.73 Å². The Hall–Kier alpha value is -4.20. The van der Waals surface area contributed by atoms with E-state index in [4.69, 9.17) is 10.5 Å². The van der Waals surface area contributed by atoms with E-state index in [-0.39, 0.29) is 13.0 Å². The molecule has 0 heterocycles. The van der Waals surface area contributed by atoms with Gasteiger partial charge in [0, 0.05) is 13.5 Å². The Kier molecular flexibility index (Phi) is 7.97. The van der Waals surface area contributed by atoms with E-state index in [2.05, 4.69) is 0 Å². The summed E-state index contributed by atoms with van der Waals surface area (Å²) in [5, 5.41) is 9.57. The van der Waals surface area contributed by atoms with Crippen molar-refractivity contribution in [2.75, 3.05) is 7.05 Å². The van der Waals surface area contributed by atoms with Gasteiger partial charge in [-0.1, -0.05) is 66.7 Å². The van der Waals surface area contributed by atoms with Crippen molar-refractivity contribution >= 4 is 18.0 Å². The number of hydrogen-bond donors (Lipinski definition) is 2. The lowest BCUT2D eigenvalue weighted by Crippen LogP contribution is -2.44. The van der Waals surface area contributed by atoms with Gasteiger partial charge in [-0.05, 0) is 34.4 Å². The molecule has 1 unspecified atom stereocenters. The maximum Gasteiger partial charge on any atom is 0.410 e. The highest BCUT2D eigenvalue weighted by Gasteiger charge is 2.28. The topological polar surface area (TPSA) is 110 Å². The number of ether oxygens (including phenoxy) is 1. The second-order valence-electron chi connectivity index (χ2n) is 7.84. The zero-order valence-electron chi connectivity index (χ0n) is 18.6. The number of carboxylic acid groups (broad SMARTS) is 1. The van der Waals surface area contributed by atoms with Gasteiger partial charge in [0.05, 0.1) is 5.92 Å². The maximum absolute atomic E-state index is 13.2. The average Bonchev–Trinajstić information content (AvgIpc) is 2.83. The summed E-state index contributed by atoms with van der Waals surface area (Å²) in [4.78, 5) is 37.3. The Labute approximate surface area is 196 Å². The predicted octanol–water partition coefficient (Wildman–Crippen LogP) is 3.71. The number of nitrogens with two attached hydrogens (primary N) is 1. The van der Waals surface area contributed by atoms with Gasteiger partial charge >= 0.3 is 12.1 Å². The van der Waals surface area contributed by atoms with Crippen LogP contribution in [0.5, 0.6) is 0 Å². The van der Waals surface area contributed by atoms with Gasteiger partial charge in [0.25, 0.3) is 0 Å². The fourth-order valence-electron chi connectivity index (χ4n) is 3.58. The number of primary amides is 1. The van der Waals surface area contributed by atoms with Crippen molar-refractivity contribution in [3.63, 3.8) is 0 Å². The fraction of sp³-hybridized carbons (Fsp3) is 0.192. The molecule has 176 valence electrons. The Morgan fingerprint density at radius 1 is 0.912 bits per heavy atom. The van der Waals surface area contributed by atoms with Crippen molar-refractivity contribution in [2.45, 2.75) is 25.0 Å². The minimum Gasteiger partial charge on any atom is -0.480 e. The average molecular weight is 464 g/mol. The van der Waals surface area contributed by atoms with Gasteiger partial charge in [-0.25, -0.2) is 14.0 Å². The number of carbonyl (C=O) groups is 3. The van der Waals surface area contributed by atoms with Crippen molar-refractivity contribution in [3.8, 4) is 0 Å². The molecule has 8 heteroatoms. The zero-order chi connectivity index (χ0) is 24.7. The van der Waals surface area contributed by atoms with E-state index < -0.39 is 35.7 Å². The quantitative estimate of drug-likeness (QED) is 0.502. The van der Waals surface area contributed by atoms with Gasteiger partial charge in [0.15, 0.2) is 0 Å². The molecule has 0 aromatic heterocycles. The molecule has 34 heavy (non-hydrogen) atoms. The van der Waals surface area contributed by atoms with E-state index >= 15 is 0 Å². The van der Waals surface area contributed by atoms with Crippen LogP contribution in [0.3, 0.4) is 0 Å². The molecule has 3 rings (SSSR count). The molecule has 7 nitrogen and oxygen atoms in total. The summed E-state index contributed by atoms with van der Waals surface area (Å²) in [6.07, 6.45) is -0.623. The molecule has 2 atom stereocenters. The van der Waals surface area contributed by atoms with Crippen LogP contribution in [0, 0.1) is 5.82 Å². The number of carboxylic acids is 1. The van der Waals surface area contributed by atoms with Gasteiger partial charge in [-0.3, -0.25) is 9.69 Å². The minimum atomic E-state index is -1.13. The third-order valence-electron chi connectivity index (χ3n) is 5.48. The molecular weight excluding hydrogens is 439 g/mol. The first kappa shape index (κ1) is 24.4. The Morgan fingerprint density at radius 2 is 1.47 bits per heavy atom. The van der Waals surface area contributed by atoms with E-state index in [0.717, 1.165) is 10.5 Å². The molecule has 3 aromatic rings. The summed E-state index contributed by atoms with van der Waals surface area (Å²) >= 11 is 0. The fourth-order valence-corrected chi connectivity index (χ4v) is 3.58. The number of halogens is 1. The molecule has 0 saturated carbocycles. The SMILES string of the molecule is CN(C(=O)OCc1ccc(C(C(N)=O)c2ccc(F)cc2)cc1)[C@@H](Cc1ccccc1)C(=O)O. The van der Waals surface area contributed by atoms with Gasteiger partial charge < -0.3 is 15.6 Å². The normalized spacial score (nSPS) is 12.4. The molecule has 0 saturated heterocycles. The third-order valence-corrected chi connectivity index (χ3v) is 5.48. The largest absolute Gasteiger partial charge is 0.480 e. The Bertz CT molecular complexity index is 1130. The number of likely N-dealkylation sites (N-methyl/N-ethyl adjacent to an activating group) is 1. The lowest BCUT2D eigenvalue weighted by molar-refractivity contribution is -0.142. The molecule has 0 radical (unpaired) electrons. The lowest BCUT2D eigenvalue weighted by atomic mass is 9.90. The number of nitrogens with zero attached hydrogens (tertiary/aromatic N) is 1. The predicted molar refractivity (Wildman–Crippen MR) is 123 cm³/mol. The van der Waals surface area contributed by atoms with E-state index in [9.17, 15) is 23.9 Å². The number of hydrogen-bond acceptors (Lipinski definition) is 4. The van der Waals surface area contributed by atoms with Crippen LogP contribution >= 0.6 is 0 Å². The molecule has 0 aliphatic rings. The standard InChI is InChI=1S/C26H25FN2O5/c1-29(22(25(31)32)15-17-5-3-2-4-6-17)26(33)34-16-18-7-9-19(10-8-18)23(24(28)30)20-11-13-21(27)14-12-20/h2-14,22-23H,15-16H2,1H3,(H2,28,30)(H,31,32)/t22-,23?/m0/s1. The third kappa shape index (κ3) is 6.19. The van der Waals surface area contributed by atoms with Crippen molar-refractivity contribution in [1.82, 2.24) is 4.90 Å². The summed E-state index contributed by atoms with van der Waals surface area (Å²) in [6.45, 7) is -0.0844. The van der Waals surface area contributed by atoms with Crippen molar-refractivity contribution in [3.05, 3.63) is 107 Å². The van der Waals surface area contributed by atoms with Gasteiger partial charge in [0.2, 0.25) is 5.91 Å². The first-order valence-electron chi connectivity index (χ1n) is 10.6. The number of aliphatic carboxylic acids is 1. The maximum atomic E-state index is 13.2. The van der Waals surface area contributed by atoms with E-state index in [1.54, 1.807) is 48.5 Å². The van der Waals surface area contributed by atoms with Crippen molar-refractivity contribution in [2.24, 2.45) is 5.73 Å². The summed E-state index contributed by atoms with van der Waals surface area (Å²) < 4.78 is 18.5. The Balaban J connectivity index is 1.64. The zero-order valence-corrected chi connectivity index (χ0v) is 18.6. The van der Waals surface area contributed by atoms with Gasteiger partial charge in [-0.2, -0.15) is 0 Å². The van der Waals surface area contributed by atoms with E-state index in [1.165, 1.54) is 31.3 Å². The van der Waals surface area contributed by atoms with Crippen LogP contribution in [0.1, 0.15) is 28.2 Å². The molecule has 3 aromatic carbocycles. The second-order valence-corrected chi connectivity index (χ2v) is 7.84. The van der Waals surface area contributed by atoms with Crippen LogP contribution in [-0.2, 0) is 27.4 Å². The van der Waals surface area contributed by atoms with Crippen LogP contribution in [-0.4, -0.2) is 41.1 Å². The minimum absolute atomic E-state index is 0.0844. The molecule has 0 spiro atoms. The summed E-state index contributed by atoms with van der Waals surface area (Å²) in [7, 11) is 1.38. The van der Waals surface area contributed by atoms with Crippen LogP contribution in [0.15, 0.2) is 78.9 Å². The summed E-state index contributed by atoms with van der Waals surface area (Å²) in [5.74, 6) is -2.88. The summed E-state index contributed by atoms with van der Waals surface area (Å²) in [5.41, 5.74) is 8.16. The number of benzene rings is 3. The lowest BCUT2D eigenvalue weighted by Gasteiger charge is -2.24. The van der Waals surface area contributed by atoms with Crippen LogP contribution in [0.2, 0.25) is 0 Å². The highest BCUT2D eigenvalue weighted by atomic mass is 19.1. The first-order chi connectivity index (χ1) is 16.3. The molecule has 0 aliphatic heterocycles. The molecule has 0 fully saturated rings. The van der Waals surface area contributed by atoms with Crippen molar-refractivity contribution in [1.29, 1.82) is 0 Å². The molecule has 0 aliphatic carbocycles. The highest BCUT2D eigenvalue weighted by molar-refractivity contribution is 5.85. The first-order valence-corrected chi connectivity index (χ1v) is 10.6. The van der Waals surface area contributed by atoms with E-state index in [1.807, 2.05) is 6.07 Å². The van der Waals surface area contributed by atoms with Crippen molar-refractivity contribution < 1.29 is 28.6 Å². The number of carbonyl (C=O) groups excluding carboxylic acids is 2. The van der Waals surface area contributed by atoms with E-state index in [0.29, 0.717) is 16.7 Å². The van der Waals surface area contributed by atoms with Gasteiger partial charge in [-0.15, -0.1) is 0 Å². The molecule has 2 amide bonds.